The molecular formula is C25H20BrFIN3O3. The third-order valence-electron chi connectivity index (χ3n) is 4.92. The number of ether oxygens (including phenoxy) is 2. The second kappa shape index (κ2) is 10.6. The number of hydrogen-bond acceptors (Lipinski definition) is 5. The Labute approximate surface area is 217 Å². The van der Waals surface area contributed by atoms with E-state index in [9.17, 15) is 9.18 Å². The molecule has 0 spiro atoms. The smallest absolute Gasteiger partial charge is 0.282 e. The SMILES string of the molecule is CCOc1cc(C=Nn2c(C)nc3ccc(Br)cc3c2=O)cc(I)c1OCc1ccc(F)cc1. The molecule has 0 atom stereocenters. The van der Waals surface area contributed by atoms with Crippen LogP contribution in [0.2, 0.25) is 0 Å². The van der Waals surface area contributed by atoms with E-state index >= 15 is 0 Å². The molecule has 0 saturated carbocycles. The van der Waals surface area contributed by atoms with E-state index in [-0.39, 0.29) is 18.0 Å². The number of halogens is 3. The zero-order valence-electron chi connectivity index (χ0n) is 18.4. The van der Waals surface area contributed by atoms with Crippen molar-refractivity contribution in [3.63, 3.8) is 0 Å². The van der Waals surface area contributed by atoms with Crippen molar-refractivity contribution >= 4 is 55.6 Å². The number of nitrogens with zero attached hydrogens (tertiary/aromatic N) is 3. The Bertz CT molecular complexity index is 1440. The monoisotopic (exact) mass is 635 g/mol. The fourth-order valence-corrected chi connectivity index (χ4v) is 4.46. The van der Waals surface area contributed by atoms with Gasteiger partial charge in [0, 0.05) is 4.47 Å². The highest BCUT2D eigenvalue weighted by Gasteiger charge is 2.13. The fourth-order valence-electron chi connectivity index (χ4n) is 3.32. The van der Waals surface area contributed by atoms with E-state index in [0.717, 1.165) is 19.2 Å². The van der Waals surface area contributed by atoms with E-state index in [0.29, 0.717) is 34.8 Å². The van der Waals surface area contributed by atoms with Gasteiger partial charge in [0.1, 0.15) is 18.2 Å². The topological polar surface area (TPSA) is 65.7 Å². The van der Waals surface area contributed by atoms with Crippen LogP contribution in [0, 0.1) is 16.3 Å². The van der Waals surface area contributed by atoms with Crippen LogP contribution in [0.1, 0.15) is 23.9 Å². The molecule has 0 aliphatic carbocycles. The van der Waals surface area contributed by atoms with Crippen molar-refractivity contribution in [3.05, 3.63) is 95.8 Å². The van der Waals surface area contributed by atoms with Gasteiger partial charge < -0.3 is 9.47 Å². The zero-order chi connectivity index (χ0) is 24.2. The molecular weight excluding hydrogens is 616 g/mol. The lowest BCUT2D eigenvalue weighted by Crippen LogP contribution is -2.20. The predicted molar refractivity (Wildman–Crippen MR) is 142 cm³/mol. The van der Waals surface area contributed by atoms with Crippen LogP contribution in [0.15, 0.2) is 69.0 Å². The maximum atomic E-state index is 13.2. The van der Waals surface area contributed by atoms with Gasteiger partial charge in [-0.25, -0.2) is 9.37 Å². The second-order valence-electron chi connectivity index (χ2n) is 7.36. The van der Waals surface area contributed by atoms with Crippen LogP contribution in [0.4, 0.5) is 4.39 Å². The van der Waals surface area contributed by atoms with Crippen molar-refractivity contribution in [1.82, 2.24) is 9.66 Å². The third kappa shape index (κ3) is 5.47. The molecule has 0 N–H and O–H groups in total. The Hall–Kier alpha value is -2.79. The van der Waals surface area contributed by atoms with Gasteiger partial charge in [0.15, 0.2) is 11.5 Å². The maximum Gasteiger partial charge on any atom is 0.282 e. The minimum atomic E-state index is -0.291. The summed E-state index contributed by atoms with van der Waals surface area (Å²) in [6.45, 7) is 4.35. The Morgan fingerprint density at radius 2 is 1.91 bits per heavy atom. The first-order chi connectivity index (χ1) is 16.4. The molecule has 0 radical (unpaired) electrons. The summed E-state index contributed by atoms with van der Waals surface area (Å²) in [4.78, 5) is 17.5. The minimum absolute atomic E-state index is 0.251. The van der Waals surface area contributed by atoms with E-state index in [1.54, 1.807) is 43.5 Å². The normalized spacial score (nSPS) is 11.3. The van der Waals surface area contributed by atoms with E-state index in [1.165, 1.54) is 16.8 Å². The van der Waals surface area contributed by atoms with Crippen molar-refractivity contribution in [1.29, 1.82) is 0 Å². The molecule has 0 aliphatic heterocycles. The average molecular weight is 636 g/mol. The predicted octanol–water partition coefficient (Wildman–Crippen LogP) is 6.07. The van der Waals surface area contributed by atoms with Crippen molar-refractivity contribution < 1.29 is 13.9 Å². The van der Waals surface area contributed by atoms with Gasteiger partial charge in [-0.2, -0.15) is 9.78 Å². The fraction of sp³-hybridized carbons (Fsp3) is 0.160. The molecule has 4 aromatic rings. The molecule has 3 aromatic carbocycles. The van der Waals surface area contributed by atoms with Crippen molar-refractivity contribution in [2.45, 2.75) is 20.5 Å². The molecule has 0 unspecified atom stereocenters. The highest BCUT2D eigenvalue weighted by Crippen LogP contribution is 2.34. The standard InChI is InChI=1S/C25H20BrFIN3O3/c1-3-33-23-11-17(10-21(28)24(23)34-14-16-4-7-19(27)8-5-16)13-29-31-15(2)30-22-9-6-18(26)12-20(22)25(31)32/h4-13H,3,14H2,1-2H3. The second-order valence-corrected chi connectivity index (χ2v) is 9.44. The first kappa shape index (κ1) is 24.3. The Morgan fingerprint density at radius 1 is 1.15 bits per heavy atom. The van der Waals surface area contributed by atoms with Gasteiger partial charge in [0.25, 0.3) is 5.56 Å². The summed E-state index contributed by atoms with van der Waals surface area (Å²) in [5.41, 5.74) is 1.95. The molecule has 6 nitrogen and oxygen atoms in total. The third-order valence-corrected chi connectivity index (χ3v) is 6.22. The highest BCUT2D eigenvalue weighted by molar-refractivity contribution is 14.1. The molecule has 0 aliphatic rings. The Balaban J connectivity index is 1.65. The molecule has 1 aromatic heterocycles. The molecule has 1 heterocycles. The van der Waals surface area contributed by atoms with Gasteiger partial charge >= 0.3 is 0 Å². The van der Waals surface area contributed by atoms with E-state index in [2.05, 4.69) is 48.6 Å². The lowest BCUT2D eigenvalue weighted by atomic mass is 10.2. The summed E-state index contributed by atoms with van der Waals surface area (Å²) < 4.78 is 27.8. The summed E-state index contributed by atoms with van der Waals surface area (Å²) in [6.07, 6.45) is 1.59. The summed E-state index contributed by atoms with van der Waals surface area (Å²) in [6, 6.07) is 15.2. The number of aryl methyl sites for hydroxylation is 1. The van der Waals surface area contributed by atoms with Crippen molar-refractivity contribution in [2.75, 3.05) is 6.61 Å². The van der Waals surface area contributed by atoms with Gasteiger partial charge in [-0.15, -0.1) is 0 Å². The molecule has 0 saturated heterocycles. The average Bonchev–Trinajstić information content (AvgIpc) is 2.80. The maximum absolute atomic E-state index is 13.2. The van der Waals surface area contributed by atoms with Crippen molar-refractivity contribution in [3.8, 4) is 11.5 Å². The highest BCUT2D eigenvalue weighted by atomic mass is 127. The van der Waals surface area contributed by atoms with E-state index in [1.807, 2.05) is 19.1 Å². The van der Waals surface area contributed by atoms with Gasteiger partial charge in [-0.3, -0.25) is 4.79 Å². The first-order valence-corrected chi connectivity index (χ1v) is 12.3. The molecule has 0 fully saturated rings. The Morgan fingerprint density at radius 3 is 2.65 bits per heavy atom. The Kier molecular flexibility index (Phi) is 7.62. The zero-order valence-corrected chi connectivity index (χ0v) is 22.1. The quantitative estimate of drug-likeness (QED) is 0.183. The summed E-state index contributed by atoms with van der Waals surface area (Å²) in [7, 11) is 0. The van der Waals surface area contributed by atoms with Gasteiger partial charge in [-0.05, 0) is 90.0 Å². The number of rotatable bonds is 7. The molecule has 4 rings (SSSR count). The van der Waals surface area contributed by atoms with Gasteiger partial charge in [0.2, 0.25) is 0 Å². The lowest BCUT2D eigenvalue weighted by Gasteiger charge is -2.15. The van der Waals surface area contributed by atoms with Crippen LogP contribution < -0.4 is 15.0 Å². The van der Waals surface area contributed by atoms with Crippen LogP contribution in [-0.4, -0.2) is 22.5 Å². The number of benzene rings is 3. The molecule has 0 bridgehead atoms. The summed E-state index contributed by atoms with van der Waals surface area (Å²) in [5.74, 6) is 1.34. The summed E-state index contributed by atoms with van der Waals surface area (Å²) >= 11 is 5.57. The van der Waals surface area contributed by atoms with Crippen LogP contribution >= 0.6 is 38.5 Å². The van der Waals surface area contributed by atoms with Crippen LogP contribution in [0.5, 0.6) is 11.5 Å². The van der Waals surface area contributed by atoms with Crippen LogP contribution in [0.3, 0.4) is 0 Å². The number of fused-ring (bicyclic) bond motifs is 1. The van der Waals surface area contributed by atoms with E-state index in [4.69, 9.17) is 9.47 Å². The molecule has 34 heavy (non-hydrogen) atoms. The number of hydrogen-bond donors (Lipinski definition) is 0. The number of aromatic nitrogens is 2. The van der Waals surface area contributed by atoms with Gasteiger partial charge in [0.05, 0.1) is 27.3 Å². The first-order valence-electron chi connectivity index (χ1n) is 10.4. The molecule has 174 valence electrons. The van der Waals surface area contributed by atoms with Crippen molar-refractivity contribution in [2.24, 2.45) is 5.10 Å². The molecule has 0 amide bonds. The van der Waals surface area contributed by atoms with Crippen LogP contribution in [-0.2, 0) is 6.61 Å². The van der Waals surface area contributed by atoms with Crippen LogP contribution in [0.25, 0.3) is 10.9 Å². The molecule has 9 heteroatoms. The largest absolute Gasteiger partial charge is 0.490 e. The lowest BCUT2D eigenvalue weighted by molar-refractivity contribution is 0.267. The minimum Gasteiger partial charge on any atom is -0.490 e. The summed E-state index contributed by atoms with van der Waals surface area (Å²) in [5, 5.41) is 4.87. The van der Waals surface area contributed by atoms with Gasteiger partial charge in [-0.1, -0.05) is 28.1 Å². The van der Waals surface area contributed by atoms with E-state index < -0.39 is 0 Å².